The topological polar surface area (TPSA) is 254 Å². The number of halogens is 2. The normalized spacial score (nSPS) is 8.17. The van der Waals surface area contributed by atoms with Gasteiger partial charge >= 0.3 is 34.1 Å². The van der Waals surface area contributed by atoms with Gasteiger partial charge in [0.2, 0.25) is 0 Å². The number of carboxylic acids is 2. The molecule has 0 amide bonds. The molecule has 2 rings (SSSR count). The van der Waals surface area contributed by atoms with Crippen LogP contribution in [0.5, 0.6) is 11.5 Å². The van der Waals surface area contributed by atoms with E-state index in [0.29, 0.717) is 11.1 Å². The van der Waals surface area contributed by atoms with Crippen LogP contribution in [0.2, 0.25) is 0 Å². The van der Waals surface area contributed by atoms with E-state index in [2.05, 4.69) is 42.5 Å². The van der Waals surface area contributed by atoms with E-state index in [1.165, 1.54) is 12.1 Å². The predicted molar refractivity (Wildman–Crippen MR) is 124 cm³/mol. The quantitative estimate of drug-likeness (QED) is 0.193. The zero-order valence-electron chi connectivity index (χ0n) is 19.0. The first-order chi connectivity index (χ1) is 15.2. The maximum absolute atomic E-state index is 11.2. The summed E-state index contributed by atoms with van der Waals surface area (Å²) in [5, 5.41) is 61.8. The summed E-state index contributed by atoms with van der Waals surface area (Å²) in [5.41, 5.74) is 1.06. The number of carbonyl (C=O) groups excluding carboxylic acids is 2. The summed E-state index contributed by atoms with van der Waals surface area (Å²) < 4.78 is 1.59. The molecule has 16 heteroatoms. The van der Waals surface area contributed by atoms with Crippen molar-refractivity contribution in [3.05, 3.63) is 56.5 Å². The maximum Gasteiger partial charge on any atom is 2.00 e. The third kappa shape index (κ3) is 24.4. The number of carbonyl (C=O) groups is 2. The van der Waals surface area contributed by atoms with Gasteiger partial charge < -0.3 is 61.8 Å². The second kappa shape index (κ2) is 30.0. The van der Waals surface area contributed by atoms with E-state index in [9.17, 15) is 30.0 Å². The fraction of sp³-hybridized carbons (Fsp3) is 0.300. The molecule has 0 aliphatic heterocycles. The van der Waals surface area contributed by atoms with Crippen LogP contribution in [-0.4, -0.2) is 60.4 Å². The van der Waals surface area contributed by atoms with Crippen LogP contribution in [0.4, 0.5) is 0 Å². The Balaban J connectivity index is -0.0000000999. The van der Waals surface area contributed by atoms with Gasteiger partial charge in [-0.2, -0.15) is 0 Å². The van der Waals surface area contributed by atoms with Gasteiger partial charge in [0.1, 0.15) is 0 Å². The Bertz CT molecular complexity index is 770. The van der Waals surface area contributed by atoms with Crippen molar-refractivity contribution in [1.29, 1.82) is 0 Å². The zero-order valence-corrected chi connectivity index (χ0v) is 24.1. The summed E-state index contributed by atoms with van der Waals surface area (Å²) >= 11 is 6.44. The molecular weight excluding hydrogens is 715 g/mol. The molecule has 0 saturated carbocycles. The van der Waals surface area contributed by atoms with Gasteiger partial charge in [-0.15, -0.1) is 11.5 Å². The van der Waals surface area contributed by atoms with Crippen molar-refractivity contribution in [3.8, 4) is 11.5 Å². The van der Waals surface area contributed by atoms with E-state index >= 15 is 0 Å². The molecule has 0 saturated heterocycles. The standard InChI is InChI=1S/2C9H10BrNO3.2CH4O.2Cu.2H2O/c2*10-7-1-2-8(12)6(3-7)4-11-5-9(13)14;2*1-2;;;;/h2*1-3,11-12H,4-5H2,(H,13,14);2*2H,1H3;;;2*1H2/q;;;;2*+2;;/p-4. The second-order valence-electron chi connectivity index (χ2n) is 5.46. The van der Waals surface area contributed by atoms with Crippen LogP contribution in [0.15, 0.2) is 45.3 Å². The SMILES string of the molecule is CO.CO.O.O.O=C([O-])CNCc1cc(Br)ccc1[O-].O=C([O-])CNCc1cc(Br)ccc1[O-].[Cu+2].[Cu+2]. The molecule has 0 aromatic heterocycles. The van der Waals surface area contributed by atoms with Crippen molar-refractivity contribution < 1.29 is 85.3 Å². The van der Waals surface area contributed by atoms with Crippen LogP contribution in [0, 0.1) is 0 Å². The van der Waals surface area contributed by atoms with Crippen LogP contribution < -0.4 is 31.1 Å². The minimum absolute atomic E-state index is 0. The number of hydrogen-bond donors (Lipinski definition) is 4. The minimum atomic E-state index is -1.19. The first kappa shape index (κ1) is 47.9. The maximum atomic E-state index is 11.2. The van der Waals surface area contributed by atoms with Crippen molar-refractivity contribution in [3.63, 3.8) is 0 Å². The van der Waals surface area contributed by atoms with Crippen LogP contribution in [0.25, 0.3) is 0 Å². The zero-order chi connectivity index (χ0) is 25.1. The fourth-order valence-electron chi connectivity index (χ4n) is 1.97. The smallest absolute Gasteiger partial charge is 0.872 e. The van der Waals surface area contributed by atoms with E-state index in [0.717, 1.165) is 23.2 Å². The second-order valence-corrected chi connectivity index (χ2v) is 7.29. The van der Waals surface area contributed by atoms with Crippen molar-refractivity contribution in [2.45, 2.75) is 13.1 Å². The van der Waals surface area contributed by atoms with E-state index in [-0.39, 0.29) is 82.8 Å². The van der Waals surface area contributed by atoms with Crippen LogP contribution in [0.3, 0.4) is 0 Å². The summed E-state index contributed by atoms with van der Waals surface area (Å²) in [7, 11) is 2.00. The van der Waals surface area contributed by atoms with Gasteiger partial charge in [-0.25, -0.2) is 0 Å². The van der Waals surface area contributed by atoms with Crippen molar-refractivity contribution in [1.82, 2.24) is 10.6 Å². The number of nitrogens with one attached hydrogen (secondary N) is 2. The van der Waals surface area contributed by atoms with Gasteiger partial charge in [-0.1, -0.05) is 44.0 Å². The van der Waals surface area contributed by atoms with Crippen LogP contribution in [0.1, 0.15) is 11.1 Å². The molecule has 0 spiro atoms. The average Bonchev–Trinajstić information content (AvgIpc) is 2.76. The summed E-state index contributed by atoms with van der Waals surface area (Å²) in [6.45, 7) is -0.0591. The monoisotopic (exact) mass is 740 g/mol. The molecule has 0 fully saturated rings. The molecule has 12 nitrogen and oxygen atoms in total. The number of aliphatic hydroxyl groups excluding tert-OH is 2. The number of aliphatic carboxylic acids is 2. The van der Waals surface area contributed by atoms with Crippen molar-refractivity contribution in [2.75, 3.05) is 27.3 Å². The Morgan fingerprint density at radius 2 is 1.00 bits per heavy atom. The summed E-state index contributed by atoms with van der Waals surface area (Å²) in [4.78, 5) is 20.2. The molecule has 8 N–H and O–H groups in total. The minimum Gasteiger partial charge on any atom is -0.872 e. The molecule has 2 radical (unpaired) electrons. The number of benzene rings is 2. The first-order valence-corrected chi connectivity index (χ1v) is 10.4. The molecule has 0 aliphatic carbocycles. The van der Waals surface area contributed by atoms with Gasteiger partial charge in [-0.05, 0) is 35.4 Å². The van der Waals surface area contributed by atoms with Gasteiger partial charge in [0.25, 0.3) is 0 Å². The van der Waals surface area contributed by atoms with E-state index < -0.39 is 11.9 Å². The summed E-state index contributed by atoms with van der Waals surface area (Å²) in [6.07, 6.45) is 0. The third-order valence-corrected chi connectivity index (χ3v) is 4.20. The van der Waals surface area contributed by atoms with Gasteiger partial charge in [0.05, 0.1) is 11.9 Å². The van der Waals surface area contributed by atoms with Crippen LogP contribution >= 0.6 is 31.9 Å². The Hall–Kier alpha value is -1.26. The number of aliphatic hydroxyl groups is 2. The molecule has 2 aromatic rings. The van der Waals surface area contributed by atoms with E-state index in [1.54, 1.807) is 24.3 Å². The molecule has 36 heavy (non-hydrogen) atoms. The molecule has 0 atom stereocenters. The summed E-state index contributed by atoms with van der Waals surface area (Å²) in [5.74, 6) is -2.60. The Kier molecular flexibility index (Phi) is 39.9. The summed E-state index contributed by atoms with van der Waals surface area (Å²) in [6, 6.07) is 9.46. The Morgan fingerprint density at radius 3 is 1.25 bits per heavy atom. The molecule has 0 heterocycles. The molecule has 0 bridgehead atoms. The first-order valence-electron chi connectivity index (χ1n) is 8.80. The van der Waals surface area contributed by atoms with Crippen LogP contribution in [-0.2, 0) is 56.8 Å². The number of carboxylic acid groups (broad SMARTS) is 2. The Labute approximate surface area is 247 Å². The molecule has 0 aliphatic rings. The molecule has 214 valence electrons. The van der Waals surface area contributed by atoms with Crippen molar-refractivity contribution >= 4 is 43.8 Å². The van der Waals surface area contributed by atoms with Gasteiger partial charge in [0.15, 0.2) is 0 Å². The average molecular weight is 743 g/mol. The van der Waals surface area contributed by atoms with E-state index in [4.69, 9.17) is 10.2 Å². The number of rotatable bonds is 8. The van der Waals surface area contributed by atoms with Crippen molar-refractivity contribution in [2.24, 2.45) is 0 Å². The third-order valence-electron chi connectivity index (χ3n) is 3.21. The molecule has 0 unspecified atom stereocenters. The van der Waals surface area contributed by atoms with E-state index in [1.807, 2.05) is 0 Å². The van der Waals surface area contributed by atoms with Gasteiger partial charge in [-0.3, -0.25) is 0 Å². The molecule has 2 aromatic carbocycles. The fourth-order valence-corrected chi connectivity index (χ4v) is 2.79. The number of hydrogen-bond acceptors (Lipinski definition) is 10. The molecular formula is C20H28Br2Cu2N2O10. The van der Waals surface area contributed by atoms with Gasteiger partial charge in [0, 0.05) is 49.3 Å². The predicted octanol–water partition coefficient (Wildman–Crippen LogP) is -3.71. The Morgan fingerprint density at radius 1 is 0.722 bits per heavy atom. The largest absolute Gasteiger partial charge is 2.00 e.